The zero-order chi connectivity index (χ0) is 17.7. The van der Waals surface area contributed by atoms with Gasteiger partial charge in [-0.05, 0) is 37.3 Å². The quantitative estimate of drug-likeness (QED) is 0.836. The average molecular weight is 353 g/mol. The molecule has 1 aliphatic carbocycles. The lowest BCUT2D eigenvalue weighted by molar-refractivity contribution is 0.229. The fourth-order valence-electron chi connectivity index (χ4n) is 4.00. The van der Waals surface area contributed by atoms with Gasteiger partial charge < -0.3 is 9.80 Å². The molecule has 0 atom stereocenters. The summed E-state index contributed by atoms with van der Waals surface area (Å²) in [6.45, 7) is 3.24. The zero-order valence-electron chi connectivity index (χ0n) is 15.0. The smallest absolute Gasteiger partial charge is 0.324 e. The maximum atomic E-state index is 12.1. The number of aryl methyl sites for hydroxylation is 2. The molecule has 0 radical (unpaired) electrons. The minimum Gasteiger partial charge on any atom is -0.351 e. The van der Waals surface area contributed by atoms with Gasteiger partial charge in [0.15, 0.2) is 5.82 Å². The molecule has 0 N–H and O–H groups in total. The van der Waals surface area contributed by atoms with Crippen LogP contribution in [0, 0.1) is 0 Å². The molecule has 2 aromatic rings. The molecule has 26 heavy (non-hydrogen) atoms. The number of nitrogens with zero attached hydrogens (tertiary/aromatic N) is 7. The molecule has 0 aromatic carbocycles. The number of fused-ring (bicyclic) bond motifs is 1. The van der Waals surface area contributed by atoms with Gasteiger partial charge in [-0.2, -0.15) is 10.2 Å². The first-order valence-electron chi connectivity index (χ1n) is 9.36. The van der Waals surface area contributed by atoms with E-state index in [1.165, 1.54) is 24.1 Å². The van der Waals surface area contributed by atoms with Crippen LogP contribution in [0.25, 0.3) is 0 Å². The van der Waals surface area contributed by atoms with Gasteiger partial charge in [-0.25, -0.2) is 4.79 Å². The van der Waals surface area contributed by atoms with Gasteiger partial charge >= 0.3 is 6.03 Å². The van der Waals surface area contributed by atoms with Gasteiger partial charge in [0.25, 0.3) is 0 Å². The van der Waals surface area contributed by atoms with Crippen molar-refractivity contribution in [1.29, 1.82) is 0 Å². The summed E-state index contributed by atoms with van der Waals surface area (Å²) in [5.41, 5.74) is 3.42. The summed E-state index contributed by atoms with van der Waals surface area (Å²) in [5.74, 6) is 0.977. The van der Waals surface area contributed by atoms with Crippen LogP contribution in [0.2, 0.25) is 0 Å². The molecule has 0 spiro atoms. The molecule has 0 unspecified atom stereocenters. The normalized spacial score (nSPS) is 20.5. The van der Waals surface area contributed by atoms with Crippen molar-refractivity contribution in [3.8, 4) is 0 Å². The van der Waals surface area contributed by atoms with Crippen molar-refractivity contribution in [2.75, 3.05) is 43.0 Å². The van der Waals surface area contributed by atoms with Crippen molar-refractivity contribution in [1.82, 2.24) is 24.9 Å². The van der Waals surface area contributed by atoms with Crippen LogP contribution in [0.3, 0.4) is 0 Å². The second kappa shape index (κ2) is 5.96. The molecule has 2 fully saturated rings. The maximum Gasteiger partial charge on any atom is 0.324 e. The monoisotopic (exact) mass is 353 g/mol. The van der Waals surface area contributed by atoms with Gasteiger partial charge in [0.2, 0.25) is 0 Å². The standard InChI is InChI=1S/C18H23N7O/c1-22-6-7-24(18(22)26)14-9-19-25(12-14)15-10-23(11-15)17-8-13-4-2-3-5-16(13)20-21-17/h8-9,12,15H,2-7,10-11H2,1H3. The summed E-state index contributed by atoms with van der Waals surface area (Å²) < 4.78 is 1.98. The Labute approximate surface area is 152 Å². The topological polar surface area (TPSA) is 70.4 Å². The lowest BCUT2D eigenvalue weighted by Gasteiger charge is -2.40. The van der Waals surface area contributed by atoms with Crippen molar-refractivity contribution in [2.24, 2.45) is 0 Å². The van der Waals surface area contributed by atoms with Crippen molar-refractivity contribution in [2.45, 2.75) is 31.7 Å². The third kappa shape index (κ3) is 2.51. The van der Waals surface area contributed by atoms with E-state index in [4.69, 9.17) is 0 Å². The van der Waals surface area contributed by atoms with Gasteiger partial charge in [-0.3, -0.25) is 9.58 Å². The highest BCUT2D eigenvalue weighted by Gasteiger charge is 2.32. The molecule has 2 aliphatic heterocycles. The van der Waals surface area contributed by atoms with E-state index in [0.29, 0.717) is 6.04 Å². The third-order valence-corrected chi connectivity index (χ3v) is 5.73. The van der Waals surface area contributed by atoms with Crippen LogP contribution >= 0.6 is 0 Å². The van der Waals surface area contributed by atoms with Crippen molar-refractivity contribution in [3.05, 3.63) is 29.7 Å². The molecule has 136 valence electrons. The van der Waals surface area contributed by atoms with Gasteiger partial charge in [0.1, 0.15) is 0 Å². The van der Waals surface area contributed by atoms with Crippen LogP contribution < -0.4 is 9.80 Å². The minimum absolute atomic E-state index is 0.0455. The van der Waals surface area contributed by atoms with E-state index in [1.54, 1.807) is 16.0 Å². The van der Waals surface area contributed by atoms with Crippen LogP contribution in [-0.2, 0) is 12.8 Å². The van der Waals surface area contributed by atoms with E-state index in [2.05, 4.69) is 26.3 Å². The van der Waals surface area contributed by atoms with E-state index in [1.807, 2.05) is 17.9 Å². The summed E-state index contributed by atoms with van der Waals surface area (Å²) >= 11 is 0. The number of carbonyl (C=O) groups is 1. The van der Waals surface area contributed by atoms with Crippen LogP contribution in [0.15, 0.2) is 18.5 Å². The number of hydrogen-bond acceptors (Lipinski definition) is 5. The lowest BCUT2D eigenvalue weighted by atomic mass is 9.96. The number of hydrogen-bond donors (Lipinski definition) is 0. The molecule has 5 rings (SSSR count). The maximum absolute atomic E-state index is 12.1. The number of aromatic nitrogens is 4. The van der Waals surface area contributed by atoms with Crippen LogP contribution in [-0.4, -0.2) is 64.1 Å². The highest BCUT2D eigenvalue weighted by molar-refractivity contribution is 5.93. The number of anilines is 2. The SMILES string of the molecule is CN1CCN(c2cnn(C3CN(c4cc5c(nn4)CCCC5)C3)c2)C1=O. The molecule has 0 saturated carbocycles. The largest absolute Gasteiger partial charge is 0.351 e. The molecular weight excluding hydrogens is 330 g/mol. The number of likely N-dealkylation sites (N-methyl/N-ethyl adjacent to an activating group) is 1. The third-order valence-electron chi connectivity index (χ3n) is 5.73. The molecule has 4 heterocycles. The Morgan fingerprint density at radius 1 is 1.12 bits per heavy atom. The first-order chi connectivity index (χ1) is 12.7. The fraction of sp³-hybridized carbons (Fsp3) is 0.556. The van der Waals surface area contributed by atoms with E-state index in [-0.39, 0.29) is 6.03 Å². The molecule has 2 saturated heterocycles. The second-order valence-electron chi connectivity index (χ2n) is 7.47. The fourth-order valence-corrected chi connectivity index (χ4v) is 4.00. The molecule has 3 aliphatic rings. The van der Waals surface area contributed by atoms with Gasteiger partial charge in [-0.1, -0.05) is 0 Å². The molecule has 8 heteroatoms. The Balaban J connectivity index is 1.25. The van der Waals surface area contributed by atoms with E-state index in [9.17, 15) is 4.79 Å². The Hall–Kier alpha value is -2.64. The summed E-state index contributed by atoms with van der Waals surface area (Å²) in [7, 11) is 1.83. The number of amides is 2. The van der Waals surface area contributed by atoms with Crippen LogP contribution in [0.1, 0.15) is 30.1 Å². The average Bonchev–Trinajstić information content (AvgIpc) is 3.21. The Morgan fingerprint density at radius 3 is 2.77 bits per heavy atom. The van der Waals surface area contributed by atoms with E-state index >= 15 is 0 Å². The second-order valence-corrected chi connectivity index (χ2v) is 7.47. The molecule has 0 bridgehead atoms. The highest BCUT2D eigenvalue weighted by atomic mass is 16.2. The van der Waals surface area contributed by atoms with Crippen LogP contribution in [0.5, 0.6) is 0 Å². The van der Waals surface area contributed by atoms with E-state index in [0.717, 1.165) is 50.5 Å². The molecular formula is C18H23N7O. The van der Waals surface area contributed by atoms with Crippen molar-refractivity contribution in [3.63, 3.8) is 0 Å². The van der Waals surface area contributed by atoms with Gasteiger partial charge in [0, 0.05) is 39.4 Å². The predicted octanol–water partition coefficient (Wildman–Crippen LogP) is 1.48. The summed E-state index contributed by atoms with van der Waals surface area (Å²) in [6.07, 6.45) is 8.43. The first kappa shape index (κ1) is 15.6. The van der Waals surface area contributed by atoms with Gasteiger partial charge in [-0.15, -0.1) is 5.10 Å². The summed E-state index contributed by atoms with van der Waals surface area (Å²) in [4.78, 5) is 17.9. The van der Waals surface area contributed by atoms with Gasteiger partial charge in [0.05, 0.1) is 23.6 Å². The molecule has 8 nitrogen and oxygen atoms in total. The van der Waals surface area contributed by atoms with Crippen molar-refractivity contribution < 1.29 is 4.79 Å². The minimum atomic E-state index is 0.0455. The summed E-state index contributed by atoms with van der Waals surface area (Å²) in [5, 5.41) is 13.3. The Bertz CT molecular complexity index is 842. The predicted molar refractivity (Wildman–Crippen MR) is 97.5 cm³/mol. The molecule has 2 amide bonds. The van der Waals surface area contributed by atoms with Crippen molar-refractivity contribution >= 4 is 17.5 Å². The lowest BCUT2D eigenvalue weighted by Crippen LogP contribution is -2.48. The number of urea groups is 1. The Kier molecular flexibility index (Phi) is 3.58. The molecule has 2 aromatic heterocycles. The highest BCUT2D eigenvalue weighted by Crippen LogP contribution is 2.30. The van der Waals surface area contributed by atoms with Crippen LogP contribution in [0.4, 0.5) is 16.3 Å². The number of rotatable bonds is 3. The zero-order valence-corrected chi connectivity index (χ0v) is 15.0. The number of carbonyl (C=O) groups excluding carboxylic acids is 1. The Morgan fingerprint density at radius 2 is 1.96 bits per heavy atom. The van der Waals surface area contributed by atoms with E-state index < -0.39 is 0 Å². The first-order valence-corrected chi connectivity index (χ1v) is 9.36. The summed E-state index contributed by atoms with van der Waals surface area (Å²) in [6, 6.07) is 2.58.